The first-order valence-corrected chi connectivity index (χ1v) is 7.26. The third kappa shape index (κ3) is 3.30. The molecule has 1 aliphatic rings. The van der Waals surface area contributed by atoms with Crippen LogP contribution >= 0.6 is 0 Å². The van der Waals surface area contributed by atoms with Crippen LogP contribution in [0.3, 0.4) is 0 Å². The SMILES string of the molecule is COc1ccccc1NC(=O)[C@H]1CC(C)=C(C)C[C@H]1C(=O)O. The Morgan fingerprint density at radius 1 is 1.14 bits per heavy atom. The first-order valence-electron chi connectivity index (χ1n) is 7.26. The van der Waals surface area contributed by atoms with Gasteiger partial charge in [-0.1, -0.05) is 23.3 Å². The van der Waals surface area contributed by atoms with Gasteiger partial charge in [-0.2, -0.15) is 0 Å². The lowest BCUT2D eigenvalue weighted by atomic mass is 9.76. The van der Waals surface area contributed by atoms with Crippen molar-refractivity contribution in [1.82, 2.24) is 0 Å². The molecule has 0 radical (unpaired) electrons. The summed E-state index contributed by atoms with van der Waals surface area (Å²) in [6.07, 6.45) is 0.898. The molecule has 0 spiro atoms. The Bertz CT molecular complexity index is 621. The number of carboxylic acid groups (broad SMARTS) is 1. The molecule has 0 aromatic heterocycles. The van der Waals surface area contributed by atoms with Gasteiger partial charge in [0.25, 0.3) is 0 Å². The van der Waals surface area contributed by atoms with Gasteiger partial charge < -0.3 is 15.2 Å². The number of hydrogen-bond acceptors (Lipinski definition) is 3. The zero-order valence-corrected chi connectivity index (χ0v) is 13.1. The van der Waals surface area contributed by atoms with E-state index in [9.17, 15) is 14.7 Å². The van der Waals surface area contributed by atoms with Crippen molar-refractivity contribution in [2.45, 2.75) is 26.7 Å². The zero-order valence-electron chi connectivity index (χ0n) is 13.1. The first-order chi connectivity index (χ1) is 10.4. The Kier molecular flexibility index (Phi) is 4.85. The minimum absolute atomic E-state index is 0.274. The lowest BCUT2D eigenvalue weighted by molar-refractivity contribution is -0.146. The number of anilines is 1. The highest BCUT2D eigenvalue weighted by Crippen LogP contribution is 2.35. The Morgan fingerprint density at radius 2 is 1.73 bits per heavy atom. The van der Waals surface area contributed by atoms with Crippen LogP contribution in [0, 0.1) is 11.8 Å². The van der Waals surface area contributed by atoms with E-state index in [1.807, 2.05) is 19.9 Å². The van der Waals surface area contributed by atoms with Crippen LogP contribution in [0.2, 0.25) is 0 Å². The van der Waals surface area contributed by atoms with Crippen molar-refractivity contribution in [3.63, 3.8) is 0 Å². The fourth-order valence-corrected chi connectivity index (χ4v) is 2.80. The number of nitrogens with one attached hydrogen (secondary N) is 1. The van der Waals surface area contributed by atoms with Gasteiger partial charge in [-0.3, -0.25) is 9.59 Å². The predicted molar refractivity (Wildman–Crippen MR) is 83.8 cm³/mol. The minimum atomic E-state index is -0.924. The number of rotatable bonds is 4. The number of methoxy groups -OCH3 is 1. The number of ether oxygens (including phenoxy) is 1. The fraction of sp³-hybridized carbons (Fsp3) is 0.412. The molecule has 0 saturated carbocycles. The van der Waals surface area contributed by atoms with Crippen LogP contribution in [0.5, 0.6) is 5.75 Å². The summed E-state index contributed by atoms with van der Waals surface area (Å²) < 4.78 is 5.21. The van der Waals surface area contributed by atoms with Crippen molar-refractivity contribution in [3.05, 3.63) is 35.4 Å². The van der Waals surface area contributed by atoms with E-state index in [0.717, 1.165) is 11.1 Å². The Hall–Kier alpha value is -2.30. The summed E-state index contributed by atoms with van der Waals surface area (Å²) in [5.41, 5.74) is 2.72. The van der Waals surface area contributed by atoms with Gasteiger partial charge in [0.1, 0.15) is 5.75 Å². The summed E-state index contributed by atoms with van der Waals surface area (Å²) in [7, 11) is 1.53. The summed E-state index contributed by atoms with van der Waals surface area (Å²) in [5.74, 6) is -1.89. The van der Waals surface area contributed by atoms with Crippen LogP contribution < -0.4 is 10.1 Å². The van der Waals surface area contributed by atoms with E-state index in [-0.39, 0.29) is 5.91 Å². The number of carboxylic acids is 1. The smallest absolute Gasteiger partial charge is 0.307 e. The predicted octanol–water partition coefficient (Wildman–Crippen LogP) is 3.08. The van der Waals surface area contributed by atoms with Crippen LogP contribution in [-0.2, 0) is 9.59 Å². The van der Waals surface area contributed by atoms with E-state index < -0.39 is 17.8 Å². The van der Waals surface area contributed by atoms with Crippen LogP contribution in [0.15, 0.2) is 35.4 Å². The highest BCUT2D eigenvalue weighted by molar-refractivity contribution is 5.96. The monoisotopic (exact) mass is 303 g/mol. The summed E-state index contributed by atoms with van der Waals surface area (Å²) >= 11 is 0. The molecule has 1 aromatic rings. The second kappa shape index (κ2) is 6.64. The van der Waals surface area contributed by atoms with Crippen molar-refractivity contribution < 1.29 is 19.4 Å². The number of benzene rings is 1. The third-order valence-electron chi connectivity index (χ3n) is 4.29. The molecule has 0 aliphatic heterocycles. The molecular weight excluding hydrogens is 282 g/mol. The number of amides is 1. The molecule has 1 aliphatic carbocycles. The highest BCUT2D eigenvalue weighted by Gasteiger charge is 2.37. The zero-order chi connectivity index (χ0) is 16.3. The van der Waals surface area contributed by atoms with Gasteiger partial charge in [0.05, 0.1) is 24.6 Å². The number of hydrogen-bond donors (Lipinski definition) is 2. The lowest BCUT2D eigenvalue weighted by Crippen LogP contribution is -2.36. The second-order valence-corrected chi connectivity index (χ2v) is 5.71. The maximum absolute atomic E-state index is 12.6. The van der Waals surface area contributed by atoms with E-state index in [0.29, 0.717) is 24.3 Å². The standard InChI is InChI=1S/C17H21NO4/c1-10-8-12(13(17(20)21)9-11(10)2)16(19)18-14-6-4-5-7-15(14)22-3/h4-7,12-13H,8-9H2,1-3H3,(H,18,19)(H,20,21)/t12-,13+/m0/s1. The van der Waals surface area contributed by atoms with Crippen molar-refractivity contribution in [2.75, 3.05) is 12.4 Å². The summed E-state index contributed by atoms with van der Waals surface area (Å²) in [6, 6.07) is 7.10. The number of carbonyl (C=O) groups is 2. The Labute approximate surface area is 130 Å². The van der Waals surface area contributed by atoms with E-state index in [1.54, 1.807) is 18.2 Å². The molecule has 0 bridgehead atoms. The molecule has 118 valence electrons. The molecule has 2 atom stereocenters. The largest absolute Gasteiger partial charge is 0.495 e. The number of para-hydroxylation sites is 2. The molecule has 2 rings (SSSR count). The van der Waals surface area contributed by atoms with Gasteiger partial charge in [0.15, 0.2) is 0 Å². The maximum atomic E-state index is 12.6. The molecular formula is C17H21NO4. The van der Waals surface area contributed by atoms with Crippen LogP contribution in [0.1, 0.15) is 26.7 Å². The molecule has 1 amide bonds. The molecule has 0 saturated heterocycles. The van der Waals surface area contributed by atoms with Crippen molar-refractivity contribution in [2.24, 2.45) is 11.8 Å². The van der Waals surface area contributed by atoms with Crippen molar-refractivity contribution >= 4 is 17.6 Å². The maximum Gasteiger partial charge on any atom is 0.307 e. The first kappa shape index (κ1) is 16.1. The number of allylic oxidation sites excluding steroid dienone is 2. The summed E-state index contributed by atoms with van der Waals surface area (Å²) in [5, 5.41) is 12.2. The summed E-state index contributed by atoms with van der Waals surface area (Å²) in [4.78, 5) is 24.0. The highest BCUT2D eigenvalue weighted by atomic mass is 16.5. The normalized spacial score (nSPS) is 21.4. The van der Waals surface area contributed by atoms with Gasteiger partial charge in [-0.05, 0) is 38.8 Å². The van der Waals surface area contributed by atoms with E-state index in [4.69, 9.17) is 4.74 Å². The fourth-order valence-electron chi connectivity index (χ4n) is 2.80. The van der Waals surface area contributed by atoms with E-state index >= 15 is 0 Å². The van der Waals surface area contributed by atoms with Gasteiger partial charge in [-0.25, -0.2) is 0 Å². The molecule has 0 fully saturated rings. The Morgan fingerprint density at radius 3 is 2.32 bits per heavy atom. The molecule has 5 heteroatoms. The van der Waals surface area contributed by atoms with E-state index in [1.165, 1.54) is 7.11 Å². The topological polar surface area (TPSA) is 75.6 Å². The van der Waals surface area contributed by atoms with Crippen LogP contribution in [0.25, 0.3) is 0 Å². The van der Waals surface area contributed by atoms with Gasteiger partial charge in [-0.15, -0.1) is 0 Å². The molecule has 1 aromatic carbocycles. The second-order valence-electron chi connectivity index (χ2n) is 5.71. The van der Waals surface area contributed by atoms with Crippen molar-refractivity contribution in [1.29, 1.82) is 0 Å². The molecule has 22 heavy (non-hydrogen) atoms. The van der Waals surface area contributed by atoms with E-state index in [2.05, 4.69) is 5.32 Å². The quantitative estimate of drug-likeness (QED) is 0.838. The van der Waals surface area contributed by atoms with Gasteiger partial charge in [0.2, 0.25) is 5.91 Å². The average Bonchev–Trinajstić information content (AvgIpc) is 2.49. The molecule has 0 heterocycles. The number of aliphatic carboxylic acids is 1. The average molecular weight is 303 g/mol. The van der Waals surface area contributed by atoms with Crippen LogP contribution in [0.4, 0.5) is 5.69 Å². The third-order valence-corrected chi connectivity index (χ3v) is 4.29. The lowest BCUT2D eigenvalue weighted by Gasteiger charge is -2.29. The molecule has 0 unspecified atom stereocenters. The van der Waals surface area contributed by atoms with Crippen LogP contribution in [-0.4, -0.2) is 24.1 Å². The van der Waals surface area contributed by atoms with Gasteiger partial charge >= 0.3 is 5.97 Å². The molecule has 2 N–H and O–H groups in total. The Balaban J connectivity index is 2.22. The number of carbonyl (C=O) groups excluding carboxylic acids is 1. The van der Waals surface area contributed by atoms with Gasteiger partial charge in [0, 0.05) is 0 Å². The minimum Gasteiger partial charge on any atom is -0.495 e. The summed E-state index contributed by atoms with van der Waals surface area (Å²) in [6.45, 7) is 3.89. The van der Waals surface area contributed by atoms with Crippen molar-refractivity contribution in [3.8, 4) is 5.75 Å². The molecule has 5 nitrogen and oxygen atoms in total.